The maximum absolute atomic E-state index is 2.47. The van der Waals surface area contributed by atoms with Gasteiger partial charge in [-0.05, 0) is 119 Å². The van der Waals surface area contributed by atoms with E-state index in [1.807, 2.05) is 0 Å². The molecule has 2 aliphatic carbocycles. The SMILES string of the molecule is CCCCc1cc(-c2cccc(-c3ccc4c5c(cccc35)-c3ccccc3-4)c2)ccc1-c1ccc2c(c1)C(C)(C)c1ccccc1-2. The van der Waals surface area contributed by atoms with Gasteiger partial charge in [0.15, 0.2) is 0 Å². The Morgan fingerprint density at radius 3 is 1.83 bits per heavy atom. The monoisotopic (exact) mass is 602 g/mol. The highest BCUT2D eigenvalue weighted by Crippen LogP contribution is 2.51. The van der Waals surface area contributed by atoms with E-state index in [4.69, 9.17) is 0 Å². The second-order valence-electron chi connectivity index (χ2n) is 13.9. The Morgan fingerprint density at radius 2 is 1.00 bits per heavy atom. The minimum absolute atomic E-state index is 0.00266. The fourth-order valence-corrected chi connectivity index (χ4v) is 8.43. The van der Waals surface area contributed by atoms with Gasteiger partial charge in [0, 0.05) is 5.41 Å². The molecule has 0 spiro atoms. The summed E-state index contributed by atoms with van der Waals surface area (Å²) < 4.78 is 0. The number of aryl methyl sites for hydroxylation is 1. The van der Waals surface area contributed by atoms with Crippen molar-refractivity contribution in [3.05, 3.63) is 156 Å². The predicted molar refractivity (Wildman–Crippen MR) is 201 cm³/mol. The number of benzene rings is 7. The third-order valence-corrected chi connectivity index (χ3v) is 10.9. The molecular weight excluding hydrogens is 565 g/mol. The van der Waals surface area contributed by atoms with E-state index in [1.165, 1.54) is 107 Å². The topological polar surface area (TPSA) is 0 Å². The summed E-state index contributed by atoms with van der Waals surface area (Å²) in [7, 11) is 0. The Balaban J connectivity index is 1.12. The van der Waals surface area contributed by atoms with E-state index in [9.17, 15) is 0 Å². The molecule has 2 aliphatic rings. The van der Waals surface area contributed by atoms with Crippen LogP contribution in [0.1, 0.15) is 50.3 Å². The molecule has 0 heteroatoms. The average Bonchev–Trinajstić information content (AvgIpc) is 3.57. The Morgan fingerprint density at radius 1 is 0.426 bits per heavy atom. The van der Waals surface area contributed by atoms with Crippen molar-refractivity contribution in [2.75, 3.05) is 0 Å². The standard InChI is InChI=1S/C47H38/c1-4-5-12-32-28-31(21-23-35(32)34-22-24-40-39-17-8-9-20-44(39)47(2,3)45(40)29-34)30-13-10-14-33(27-30)36-25-26-43-38-16-7-6-15-37(38)42-19-11-18-41(36)46(42)43/h6-11,13-29H,4-5,12H2,1-3H3. The molecule has 0 aliphatic heterocycles. The van der Waals surface area contributed by atoms with Crippen molar-refractivity contribution in [2.45, 2.75) is 45.4 Å². The highest BCUT2D eigenvalue weighted by molar-refractivity contribution is 6.18. The third-order valence-electron chi connectivity index (χ3n) is 10.9. The maximum atomic E-state index is 2.47. The Labute approximate surface area is 278 Å². The first-order valence-corrected chi connectivity index (χ1v) is 17.2. The zero-order valence-electron chi connectivity index (χ0n) is 27.4. The van der Waals surface area contributed by atoms with Gasteiger partial charge in [-0.2, -0.15) is 0 Å². The lowest BCUT2D eigenvalue weighted by Crippen LogP contribution is -2.14. The predicted octanol–water partition coefficient (Wildman–Crippen LogP) is 13.1. The molecule has 0 atom stereocenters. The lowest BCUT2D eigenvalue weighted by Gasteiger charge is -2.22. The molecule has 0 amide bonds. The van der Waals surface area contributed by atoms with Crippen molar-refractivity contribution in [3.63, 3.8) is 0 Å². The first-order chi connectivity index (χ1) is 23.0. The summed E-state index contributed by atoms with van der Waals surface area (Å²) in [4.78, 5) is 0. The van der Waals surface area contributed by atoms with E-state index < -0.39 is 0 Å². The van der Waals surface area contributed by atoms with Gasteiger partial charge < -0.3 is 0 Å². The smallest absolute Gasteiger partial charge is 0.0159 e. The van der Waals surface area contributed by atoms with Gasteiger partial charge in [-0.15, -0.1) is 0 Å². The van der Waals surface area contributed by atoms with Crippen LogP contribution < -0.4 is 0 Å². The molecule has 9 rings (SSSR count). The second kappa shape index (κ2) is 10.7. The molecule has 0 saturated heterocycles. The van der Waals surface area contributed by atoms with Gasteiger partial charge in [-0.25, -0.2) is 0 Å². The van der Waals surface area contributed by atoms with Gasteiger partial charge in [-0.3, -0.25) is 0 Å². The van der Waals surface area contributed by atoms with E-state index >= 15 is 0 Å². The maximum Gasteiger partial charge on any atom is 0.0159 e. The molecule has 0 saturated carbocycles. The van der Waals surface area contributed by atoms with Crippen LogP contribution in [-0.2, 0) is 11.8 Å². The summed E-state index contributed by atoms with van der Waals surface area (Å²) in [5, 5.41) is 2.71. The van der Waals surface area contributed by atoms with Crippen LogP contribution in [-0.4, -0.2) is 0 Å². The lowest BCUT2D eigenvalue weighted by molar-refractivity contribution is 0.660. The highest BCUT2D eigenvalue weighted by atomic mass is 14.4. The molecule has 226 valence electrons. The zero-order valence-corrected chi connectivity index (χ0v) is 27.4. The van der Waals surface area contributed by atoms with E-state index in [1.54, 1.807) is 0 Å². The number of rotatable bonds is 6. The minimum atomic E-state index is -0.00266. The summed E-state index contributed by atoms with van der Waals surface area (Å²) in [6, 6.07) is 52.7. The zero-order chi connectivity index (χ0) is 31.7. The van der Waals surface area contributed by atoms with Gasteiger partial charge >= 0.3 is 0 Å². The van der Waals surface area contributed by atoms with Crippen LogP contribution in [0.25, 0.3) is 77.5 Å². The first kappa shape index (κ1) is 28.1. The molecule has 0 aromatic heterocycles. The summed E-state index contributed by atoms with van der Waals surface area (Å²) in [6.07, 6.45) is 3.44. The van der Waals surface area contributed by atoms with Crippen LogP contribution in [0.2, 0.25) is 0 Å². The molecular formula is C47H38. The Kier molecular flexibility index (Phi) is 6.37. The fraction of sp³-hybridized carbons (Fsp3) is 0.149. The van der Waals surface area contributed by atoms with Crippen LogP contribution in [0.4, 0.5) is 0 Å². The molecule has 0 bridgehead atoms. The van der Waals surface area contributed by atoms with Crippen LogP contribution in [0, 0.1) is 0 Å². The molecule has 47 heavy (non-hydrogen) atoms. The van der Waals surface area contributed by atoms with E-state index in [0.717, 1.165) is 6.42 Å². The second-order valence-corrected chi connectivity index (χ2v) is 13.9. The molecule has 0 N–H and O–H groups in total. The number of unbranched alkanes of at least 4 members (excludes halogenated alkanes) is 1. The minimum Gasteiger partial charge on any atom is -0.0654 e. The summed E-state index contributed by atoms with van der Waals surface area (Å²) in [6.45, 7) is 7.03. The average molecular weight is 603 g/mol. The summed E-state index contributed by atoms with van der Waals surface area (Å²) in [5.41, 5.74) is 20.2. The molecule has 0 radical (unpaired) electrons. The van der Waals surface area contributed by atoms with Gasteiger partial charge in [0.1, 0.15) is 0 Å². The molecule has 0 fully saturated rings. The highest BCUT2D eigenvalue weighted by Gasteiger charge is 2.35. The first-order valence-electron chi connectivity index (χ1n) is 17.2. The van der Waals surface area contributed by atoms with Crippen LogP contribution in [0.15, 0.2) is 140 Å². The van der Waals surface area contributed by atoms with Crippen LogP contribution in [0.5, 0.6) is 0 Å². The van der Waals surface area contributed by atoms with Crippen molar-refractivity contribution >= 4 is 10.8 Å². The van der Waals surface area contributed by atoms with E-state index in [-0.39, 0.29) is 5.41 Å². The van der Waals surface area contributed by atoms with Crippen molar-refractivity contribution in [3.8, 4) is 66.8 Å². The summed E-state index contributed by atoms with van der Waals surface area (Å²) in [5.74, 6) is 0. The largest absolute Gasteiger partial charge is 0.0654 e. The lowest BCUT2D eigenvalue weighted by atomic mass is 9.81. The molecule has 0 nitrogen and oxygen atoms in total. The number of hydrogen-bond acceptors (Lipinski definition) is 0. The Hall–Kier alpha value is -5.20. The summed E-state index contributed by atoms with van der Waals surface area (Å²) >= 11 is 0. The van der Waals surface area contributed by atoms with Crippen molar-refractivity contribution in [1.82, 2.24) is 0 Å². The molecule has 0 unspecified atom stereocenters. The molecule has 7 aromatic rings. The molecule has 0 heterocycles. The van der Waals surface area contributed by atoms with Gasteiger partial charge in [0.25, 0.3) is 0 Å². The van der Waals surface area contributed by atoms with Gasteiger partial charge in [0.2, 0.25) is 0 Å². The third kappa shape index (κ3) is 4.28. The van der Waals surface area contributed by atoms with Gasteiger partial charge in [0.05, 0.1) is 0 Å². The fourth-order valence-electron chi connectivity index (χ4n) is 8.43. The van der Waals surface area contributed by atoms with Crippen molar-refractivity contribution < 1.29 is 0 Å². The van der Waals surface area contributed by atoms with Crippen molar-refractivity contribution in [2.24, 2.45) is 0 Å². The Bertz CT molecular complexity index is 2340. The normalized spacial score (nSPS) is 13.4. The van der Waals surface area contributed by atoms with Gasteiger partial charge in [-0.1, -0.05) is 155 Å². The van der Waals surface area contributed by atoms with E-state index in [2.05, 4.69) is 160 Å². The number of hydrogen-bond donors (Lipinski definition) is 0. The quantitative estimate of drug-likeness (QED) is 0.178. The van der Waals surface area contributed by atoms with Crippen LogP contribution >= 0.6 is 0 Å². The van der Waals surface area contributed by atoms with Crippen LogP contribution in [0.3, 0.4) is 0 Å². The number of fused-ring (bicyclic) bond motifs is 6. The van der Waals surface area contributed by atoms with E-state index in [0.29, 0.717) is 0 Å². The molecule has 7 aromatic carbocycles. The van der Waals surface area contributed by atoms with Crippen molar-refractivity contribution in [1.29, 1.82) is 0 Å².